The molecule has 0 fully saturated rings. The molecule has 0 spiro atoms. The van der Waals surface area contributed by atoms with Gasteiger partial charge in [-0.2, -0.15) is 0 Å². The van der Waals surface area contributed by atoms with Crippen molar-refractivity contribution >= 4 is 0 Å². The Kier molecular flexibility index (Phi) is 6.89. The summed E-state index contributed by atoms with van der Waals surface area (Å²) in [5, 5.41) is 13.5. The van der Waals surface area contributed by atoms with Gasteiger partial charge in [-0.05, 0) is 44.4 Å². The number of benzene rings is 1. The van der Waals surface area contributed by atoms with Crippen LogP contribution in [0.1, 0.15) is 43.9 Å². The molecule has 0 amide bonds. The van der Waals surface area contributed by atoms with Crippen LogP contribution in [0, 0.1) is 12.8 Å². The van der Waals surface area contributed by atoms with Crippen molar-refractivity contribution in [3.05, 3.63) is 29.3 Å². The molecule has 0 aliphatic carbocycles. The Morgan fingerprint density at radius 2 is 2.05 bits per heavy atom. The zero-order valence-corrected chi connectivity index (χ0v) is 12.6. The van der Waals surface area contributed by atoms with E-state index in [2.05, 4.69) is 19.2 Å². The number of aliphatic hydroxyl groups is 1. The van der Waals surface area contributed by atoms with Crippen molar-refractivity contribution in [1.29, 1.82) is 0 Å². The van der Waals surface area contributed by atoms with Crippen LogP contribution in [0.4, 0.5) is 0 Å². The van der Waals surface area contributed by atoms with Gasteiger partial charge in [0, 0.05) is 12.1 Å². The van der Waals surface area contributed by atoms with Gasteiger partial charge in [0.1, 0.15) is 5.75 Å². The average Bonchev–Trinajstić information content (AvgIpc) is 2.37. The summed E-state index contributed by atoms with van der Waals surface area (Å²) in [6, 6.07) is 5.89. The highest BCUT2D eigenvalue weighted by atomic mass is 16.5. The van der Waals surface area contributed by atoms with Gasteiger partial charge in [-0.1, -0.05) is 25.5 Å². The van der Waals surface area contributed by atoms with Crippen LogP contribution in [0.25, 0.3) is 0 Å². The van der Waals surface area contributed by atoms with E-state index in [0.29, 0.717) is 6.54 Å². The summed E-state index contributed by atoms with van der Waals surface area (Å²) in [5.41, 5.74) is 1.99. The highest BCUT2D eigenvalue weighted by molar-refractivity contribution is 5.38. The van der Waals surface area contributed by atoms with Gasteiger partial charge in [0.05, 0.1) is 13.2 Å². The molecule has 0 heterocycles. The lowest BCUT2D eigenvalue weighted by Gasteiger charge is -2.16. The molecule has 0 aliphatic heterocycles. The van der Waals surface area contributed by atoms with Crippen LogP contribution in [0.3, 0.4) is 0 Å². The standard InChI is InChI=1S/C16H27NO2/c1-12(2)6-5-9-17-11-15(18)14-10-13(3)7-8-16(14)19-4/h7-8,10,12,15,17-18H,5-6,9,11H2,1-4H3. The third kappa shape index (κ3) is 5.62. The van der Waals surface area contributed by atoms with Gasteiger partial charge < -0.3 is 15.2 Å². The molecule has 0 bridgehead atoms. The molecule has 19 heavy (non-hydrogen) atoms. The van der Waals surface area contributed by atoms with Gasteiger partial charge in [0.25, 0.3) is 0 Å². The Hall–Kier alpha value is -1.06. The maximum absolute atomic E-state index is 10.2. The quantitative estimate of drug-likeness (QED) is 0.710. The molecular formula is C16H27NO2. The van der Waals surface area contributed by atoms with E-state index in [-0.39, 0.29) is 0 Å². The minimum Gasteiger partial charge on any atom is -0.496 e. The normalized spacial score (nSPS) is 12.7. The molecule has 1 atom stereocenters. The summed E-state index contributed by atoms with van der Waals surface area (Å²) in [7, 11) is 1.64. The maximum Gasteiger partial charge on any atom is 0.124 e. The topological polar surface area (TPSA) is 41.5 Å². The van der Waals surface area contributed by atoms with Gasteiger partial charge in [0.2, 0.25) is 0 Å². The SMILES string of the molecule is COc1ccc(C)cc1C(O)CNCCCC(C)C. The fraction of sp³-hybridized carbons (Fsp3) is 0.625. The Bertz CT molecular complexity index is 377. The van der Waals surface area contributed by atoms with E-state index in [1.165, 1.54) is 6.42 Å². The van der Waals surface area contributed by atoms with Crippen LogP contribution >= 0.6 is 0 Å². The lowest BCUT2D eigenvalue weighted by atomic mass is 10.0. The van der Waals surface area contributed by atoms with Crippen LogP contribution in [0.2, 0.25) is 0 Å². The first-order valence-electron chi connectivity index (χ1n) is 7.08. The second-order valence-electron chi connectivity index (χ2n) is 5.50. The summed E-state index contributed by atoms with van der Waals surface area (Å²) < 4.78 is 5.29. The average molecular weight is 265 g/mol. The van der Waals surface area contributed by atoms with E-state index < -0.39 is 6.10 Å². The molecule has 0 aliphatic rings. The van der Waals surface area contributed by atoms with Gasteiger partial charge in [-0.15, -0.1) is 0 Å². The van der Waals surface area contributed by atoms with Gasteiger partial charge in [-0.25, -0.2) is 0 Å². The van der Waals surface area contributed by atoms with Crippen LogP contribution in [0.5, 0.6) is 5.75 Å². The molecule has 0 aromatic heterocycles. The van der Waals surface area contributed by atoms with Crippen LogP contribution in [0.15, 0.2) is 18.2 Å². The molecule has 1 aromatic carbocycles. The summed E-state index contributed by atoms with van der Waals surface area (Å²) in [6.45, 7) is 7.99. The molecule has 0 radical (unpaired) electrons. The minimum absolute atomic E-state index is 0.520. The Morgan fingerprint density at radius 1 is 1.32 bits per heavy atom. The fourth-order valence-electron chi connectivity index (χ4n) is 2.10. The number of hydrogen-bond donors (Lipinski definition) is 2. The molecular weight excluding hydrogens is 238 g/mol. The summed E-state index contributed by atoms with van der Waals surface area (Å²) in [5.74, 6) is 1.49. The molecule has 0 saturated carbocycles. The van der Waals surface area contributed by atoms with E-state index >= 15 is 0 Å². The number of rotatable bonds is 8. The highest BCUT2D eigenvalue weighted by Crippen LogP contribution is 2.25. The highest BCUT2D eigenvalue weighted by Gasteiger charge is 2.12. The number of ether oxygens (including phenoxy) is 1. The second-order valence-corrected chi connectivity index (χ2v) is 5.50. The van der Waals surface area contributed by atoms with Crippen LogP contribution in [-0.4, -0.2) is 25.3 Å². The van der Waals surface area contributed by atoms with Gasteiger partial charge >= 0.3 is 0 Å². The van der Waals surface area contributed by atoms with Crippen LogP contribution in [-0.2, 0) is 0 Å². The van der Waals surface area contributed by atoms with E-state index in [1.54, 1.807) is 7.11 Å². The van der Waals surface area contributed by atoms with Crippen molar-refractivity contribution in [2.45, 2.75) is 39.7 Å². The maximum atomic E-state index is 10.2. The number of aryl methyl sites for hydroxylation is 1. The molecule has 2 N–H and O–H groups in total. The van der Waals surface area contributed by atoms with E-state index in [0.717, 1.165) is 35.8 Å². The Morgan fingerprint density at radius 3 is 2.68 bits per heavy atom. The first-order chi connectivity index (χ1) is 9.04. The zero-order chi connectivity index (χ0) is 14.3. The lowest BCUT2D eigenvalue weighted by Crippen LogP contribution is -2.23. The van der Waals surface area contributed by atoms with Gasteiger partial charge in [0.15, 0.2) is 0 Å². The predicted molar refractivity (Wildman–Crippen MR) is 79.6 cm³/mol. The number of hydrogen-bond acceptors (Lipinski definition) is 3. The third-order valence-electron chi connectivity index (χ3n) is 3.22. The van der Waals surface area contributed by atoms with E-state index in [1.807, 2.05) is 25.1 Å². The zero-order valence-electron chi connectivity index (χ0n) is 12.6. The fourth-order valence-corrected chi connectivity index (χ4v) is 2.10. The van der Waals surface area contributed by atoms with Crippen LogP contribution < -0.4 is 10.1 Å². The minimum atomic E-state index is -0.520. The van der Waals surface area contributed by atoms with Crippen molar-refractivity contribution in [3.8, 4) is 5.75 Å². The smallest absolute Gasteiger partial charge is 0.124 e. The van der Waals surface area contributed by atoms with E-state index in [9.17, 15) is 5.11 Å². The molecule has 3 nitrogen and oxygen atoms in total. The summed E-state index contributed by atoms with van der Waals surface area (Å²) in [6.07, 6.45) is 1.85. The first-order valence-corrected chi connectivity index (χ1v) is 7.08. The van der Waals surface area contributed by atoms with Gasteiger partial charge in [-0.3, -0.25) is 0 Å². The molecule has 1 unspecified atom stereocenters. The largest absolute Gasteiger partial charge is 0.496 e. The third-order valence-corrected chi connectivity index (χ3v) is 3.22. The Balaban J connectivity index is 2.44. The number of nitrogens with one attached hydrogen (secondary N) is 1. The van der Waals surface area contributed by atoms with Crippen molar-refractivity contribution in [2.75, 3.05) is 20.2 Å². The lowest BCUT2D eigenvalue weighted by molar-refractivity contribution is 0.170. The second kappa shape index (κ2) is 8.18. The van der Waals surface area contributed by atoms with Crippen molar-refractivity contribution < 1.29 is 9.84 Å². The molecule has 1 rings (SSSR count). The van der Waals surface area contributed by atoms with Crippen molar-refractivity contribution in [3.63, 3.8) is 0 Å². The van der Waals surface area contributed by atoms with Crippen molar-refractivity contribution in [1.82, 2.24) is 5.32 Å². The monoisotopic (exact) mass is 265 g/mol. The van der Waals surface area contributed by atoms with E-state index in [4.69, 9.17) is 4.74 Å². The molecule has 3 heteroatoms. The molecule has 0 saturated heterocycles. The summed E-state index contributed by atoms with van der Waals surface area (Å²) >= 11 is 0. The predicted octanol–water partition coefficient (Wildman–Crippen LogP) is 3.06. The number of aliphatic hydroxyl groups excluding tert-OH is 1. The Labute approximate surface area is 117 Å². The number of methoxy groups -OCH3 is 1. The van der Waals surface area contributed by atoms with Crippen molar-refractivity contribution in [2.24, 2.45) is 5.92 Å². The molecule has 1 aromatic rings. The summed E-state index contributed by atoms with van der Waals surface area (Å²) in [4.78, 5) is 0. The first kappa shape index (κ1) is 16.0. The molecule has 108 valence electrons.